The quantitative estimate of drug-likeness (QED) is 0.374. The summed E-state index contributed by atoms with van der Waals surface area (Å²) in [6.45, 7) is 5.54. The molecule has 39 heavy (non-hydrogen) atoms. The molecule has 9 nitrogen and oxygen atoms in total. The van der Waals surface area contributed by atoms with E-state index in [1.54, 1.807) is 46.3 Å². The second kappa shape index (κ2) is 11.9. The van der Waals surface area contributed by atoms with E-state index in [1.807, 2.05) is 6.07 Å². The summed E-state index contributed by atoms with van der Waals surface area (Å²) in [7, 11) is 3.71. The third kappa shape index (κ3) is 6.03. The van der Waals surface area contributed by atoms with Gasteiger partial charge in [0.25, 0.3) is 0 Å². The maximum atomic E-state index is 13.3. The minimum Gasteiger partial charge on any atom is -0.497 e. The van der Waals surface area contributed by atoms with Crippen LogP contribution in [0.3, 0.4) is 0 Å². The Labute approximate surface area is 232 Å². The number of likely N-dealkylation sites (N-methyl/N-ethyl adjacent to an activating group) is 1. The van der Waals surface area contributed by atoms with Crippen molar-refractivity contribution in [3.8, 4) is 11.8 Å². The molecule has 2 aromatic carbocycles. The van der Waals surface area contributed by atoms with E-state index in [9.17, 15) is 8.42 Å². The predicted octanol–water partition coefficient (Wildman–Crippen LogP) is 3.86. The van der Waals surface area contributed by atoms with Gasteiger partial charge < -0.3 is 14.4 Å². The Morgan fingerprint density at radius 1 is 1.00 bits per heavy atom. The van der Waals surface area contributed by atoms with Crippen LogP contribution in [0.1, 0.15) is 29.5 Å². The zero-order chi connectivity index (χ0) is 28.2. The number of sulfonamides is 1. The molecule has 0 spiro atoms. The standard InChI is InChI=1S/C29H39N5O4S/c1-22-20-25(37-6)21-23(2)27(22)39(35,36)33(5)18-19-38-28-30-15-12-26(31-28)34-16-13-29(14-17-34,32(3)4)24-10-8-7-9-11-24/h7-12,15,20-21H,13-14,16-19H2,1-6H3. The summed E-state index contributed by atoms with van der Waals surface area (Å²) in [4.78, 5) is 13.7. The van der Waals surface area contributed by atoms with Gasteiger partial charge >= 0.3 is 6.01 Å². The van der Waals surface area contributed by atoms with Crippen molar-refractivity contribution < 1.29 is 17.9 Å². The SMILES string of the molecule is COc1cc(C)c(S(=O)(=O)N(C)CCOc2nccc(N3CCC(c4ccccc4)(N(C)C)CC3)n2)c(C)c1. The van der Waals surface area contributed by atoms with Gasteiger partial charge in [-0.25, -0.2) is 13.4 Å². The Kier molecular flexibility index (Phi) is 8.78. The van der Waals surface area contributed by atoms with E-state index in [0.29, 0.717) is 21.8 Å². The lowest BCUT2D eigenvalue weighted by Crippen LogP contribution is -2.50. The molecule has 10 heteroatoms. The van der Waals surface area contributed by atoms with Crippen LogP contribution in [0.5, 0.6) is 11.8 Å². The molecular formula is C29H39N5O4S. The first-order chi connectivity index (χ1) is 18.6. The largest absolute Gasteiger partial charge is 0.497 e. The van der Waals surface area contributed by atoms with Crippen molar-refractivity contribution in [2.45, 2.75) is 37.1 Å². The Morgan fingerprint density at radius 2 is 1.64 bits per heavy atom. The fraction of sp³-hybridized carbons (Fsp3) is 0.448. The van der Waals surface area contributed by atoms with Crippen molar-refractivity contribution in [1.29, 1.82) is 0 Å². The van der Waals surface area contributed by atoms with Crippen LogP contribution in [-0.4, -0.2) is 82.1 Å². The van der Waals surface area contributed by atoms with Crippen molar-refractivity contribution in [3.63, 3.8) is 0 Å². The zero-order valence-electron chi connectivity index (χ0n) is 23.7. The highest BCUT2D eigenvalue weighted by molar-refractivity contribution is 7.89. The van der Waals surface area contributed by atoms with E-state index < -0.39 is 10.0 Å². The number of piperidine rings is 1. The first-order valence-corrected chi connectivity index (χ1v) is 14.6. The van der Waals surface area contributed by atoms with Crippen molar-refractivity contribution in [2.24, 2.45) is 0 Å². The van der Waals surface area contributed by atoms with E-state index in [4.69, 9.17) is 9.47 Å². The molecule has 210 valence electrons. The second-order valence-electron chi connectivity index (χ2n) is 10.2. The van der Waals surface area contributed by atoms with Gasteiger partial charge in [0.2, 0.25) is 10.0 Å². The molecule has 0 radical (unpaired) electrons. The minimum atomic E-state index is -3.70. The number of hydrogen-bond acceptors (Lipinski definition) is 8. The molecule has 1 aliphatic heterocycles. The van der Waals surface area contributed by atoms with Gasteiger partial charge in [-0.15, -0.1) is 0 Å². The molecule has 0 aliphatic carbocycles. The molecule has 0 atom stereocenters. The topological polar surface area (TPSA) is 88.1 Å². The molecule has 1 aliphatic rings. The average Bonchev–Trinajstić information content (AvgIpc) is 2.93. The van der Waals surface area contributed by atoms with Gasteiger partial charge in [-0.2, -0.15) is 9.29 Å². The van der Waals surface area contributed by atoms with E-state index >= 15 is 0 Å². The number of anilines is 1. The summed E-state index contributed by atoms with van der Waals surface area (Å²) in [6.07, 6.45) is 3.63. The second-order valence-corrected chi connectivity index (χ2v) is 12.2. The number of rotatable bonds is 10. The number of methoxy groups -OCH3 is 1. The molecule has 0 N–H and O–H groups in total. The van der Waals surface area contributed by atoms with Crippen molar-refractivity contribution >= 4 is 15.8 Å². The van der Waals surface area contributed by atoms with E-state index in [-0.39, 0.29) is 24.7 Å². The lowest BCUT2D eigenvalue weighted by molar-refractivity contribution is 0.115. The number of benzene rings is 2. The molecule has 3 aromatic rings. The lowest BCUT2D eigenvalue weighted by atomic mass is 9.80. The van der Waals surface area contributed by atoms with Crippen LogP contribution in [0.15, 0.2) is 59.6 Å². The molecule has 2 heterocycles. The lowest BCUT2D eigenvalue weighted by Gasteiger charge is -2.47. The summed E-state index contributed by atoms with van der Waals surface area (Å²) in [5.41, 5.74) is 2.60. The van der Waals surface area contributed by atoms with Crippen LogP contribution in [0, 0.1) is 13.8 Å². The van der Waals surface area contributed by atoms with Crippen LogP contribution < -0.4 is 14.4 Å². The van der Waals surface area contributed by atoms with E-state index in [1.165, 1.54) is 9.87 Å². The molecule has 1 fully saturated rings. The number of aryl methyl sites for hydroxylation is 2. The van der Waals surface area contributed by atoms with Crippen LogP contribution in [-0.2, 0) is 15.6 Å². The molecule has 0 unspecified atom stereocenters. The van der Waals surface area contributed by atoms with Crippen molar-refractivity contribution in [3.05, 3.63) is 71.4 Å². The first-order valence-electron chi connectivity index (χ1n) is 13.1. The predicted molar refractivity (Wildman–Crippen MR) is 153 cm³/mol. The van der Waals surface area contributed by atoms with Gasteiger partial charge in [0.05, 0.1) is 12.0 Å². The fourth-order valence-electron chi connectivity index (χ4n) is 5.40. The molecule has 0 amide bonds. The smallest absolute Gasteiger partial charge is 0.318 e. The molecule has 0 bridgehead atoms. The maximum absolute atomic E-state index is 13.3. The van der Waals surface area contributed by atoms with Crippen LogP contribution in [0.25, 0.3) is 0 Å². The van der Waals surface area contributed by atoms with E-state index in [0.717, 1.165) is 31.7 Å². The number of nitrogens with zero attached hydrogens (tertiary/aromatic N) is 5. The Hall–Kier alpha value is -3.21. The van der Waals surface area contributed by atoms with Gasteiger partial charge in [-0.1, -0.05) is 30.3 Å². The molecule has 4 rings (SSSR count). The number of hydrogen-bond donors (Lipinski definition) is 0. The monoisotopic (exact) mass is 553 g/mol. The summed E-state index contributed by atoms with van der Waals surface area (Å²) in [5.74, 6) is 1.44. The highest BCUT2D eigenvalue weighted by atomic mass is 32.2. The van der Waals surface area contributed by atoms with Crippen LogP contribution in [0.4, 0.5) is 5.82 Å². The Morgan fingerprint density at radius 3 is 2.23 bits per heavy atom. The summed E-state index contributed by atoms with van der Waals surface area (Å²) >= 11 is 0. The number of aromatic nitrogens is 2. The van der Waals surface area contributed by atoms with Gasteiger partial charge in [0, 0.05) is 38.4 Å². The number of ether oxygens (including phenoxy) is 2. The summed E-state index contributed by atoms with van der Waals surface area (Å²) < 4.78 is 38.9. The maximum Gasteiger partial charge on any atom is 0.318 e. The molecule has 1 aromatic heterocycles. The van der Waals surface area contributed by atoms with Crippen molar-refractivity contribution in [1.82, 2.24) is 19.2 Å². The highest BCUT2D eigenvalue weighted by Gasteiger charge is 2.38. The highest BCUT2D eigenvalue weighted by Crippen LogP contribution is 2.38. The normalized spacial score (nSPS) is 15.5. The van der Waals surface area contributed by atoms with Gasteiger partial charge in [0.1, 0.15) is 18.2 Å². The summed E-state index contributed by atoms with van der Waals surface area (Å²) in [5, 5.41) is 0. The third-order valence-electron chi connectivity index (χ3n) is 7.68. The zero-order valence-corrected chi connectivity index (χ0v) is 24.5. The first kappa shape index (κ1) is 28.8. The fourth-order valence-corrected chi connectivity index (χ4v) is 6.96. The Bertz CT molecular complexity index is 1350. The molecular weight excluding hydrogens is 514 g/mol. The van der Waals surface area contributed by atoms with Gasteiger partial charge in [-0.05, 0) is 75.7 Å². The van der Waals surface area contributed by atoms with E-state index in [2.05, 4.69) is 64.2 Å². The molecule has 0 saturated carbocycles. The van der Waals surface area contributed by atoms with Gasteiger partial charge in [0.15, 0.2) is 0 Å². The van der Waals surface area contributed by atoms with Gasteiger partial charge in [-0.3, -0.25) is 4.90 Å². The summed E-state index contributed by atoms with van der Waals surface area (Å²) in [6, 6.07) is 16.3. The van der Waals surface area contributed by atoms with Crippen LogP contribution in [0.2, 0.25) is 0 Å². The third-order valence-corrected chi connectivity index (χ3v) is 9.84. The van der Waals surface area contributed by atoms with Crippen LogP contribution >= 0.6 is 0 Å². The minimum absolute atomic E-state index is 0.0131. The van der Waals surface area contributed by atoms with Crippen molar-refractivity contribution in [2.75, 3.05) is 59.4 Å². The molecule has 1 saturated heterocycles. The Balaban J connectivity index is 1.38. The average molecular weight is 554 g/mol.